The summed E-state index contributed by atoms with van der Waals surface area (Å²) < 4.78 is 51.3. The minimum Gasteiger partial charge on any atom is -0.234 e. The molecule has 0 saturated heterocycles. The maximum absolute atomic E-state index is 11.3. The number of nitrogens with zero attached hydrogens (tertiary/aromatic N) is 2. The SMILES string of the molecule is O=[N+]([O-])N([SH](=O)=O)C(F)(F)F. The second-order valence-electron chi connectivity index (χ2n) is 1.23. The lowest BCUT2D eigenvalue weighted by Gasteiger charge is -2.08. The van der Waals surface area contributed by atoms with Gasteiger partial charge in [0.1, 0.15) is 0 Å². The molecule has 0 aliphatic carbocycles. The number of hydrogen-bond acceptors (Lipinski definition) is 4. The summed E-state index contributed by atoms with van der Waals surface area (Å²) in [5.74, 6) is 0. The van der Waals surface area contributed by atoms with E-state index in [-0.39, 0.29) is 0 Å². The molecule has 0 radical (unpaired) electrons. The summed E-state index contributed by atoms with van der Waals surface area (Å²) in [7, 11) is -4.28. The van der Waals surface area contributed by atoms with E-state index >= 15 is 0 Å². The van der Waals surface area contributed by atoms with Gasteiger partial charge in [-0.3, -0.25) is 0 Å². The van der Waals surface area contributed by atoms with Gasteiger partial charge in [0.2, 0.25) is 0 Å². The Kier molecular flexibility index (Phi) is 2.62. The molecule has 0 N–H and O–H groups in total. The first-order valence-electron chi connectivity index (χ1n) is 1.92. The molecule has 0 saturated carbocycles. The van der Waals surface area contributed by atoms with Gasteiger partial charge in [-0.05, 0) is 0 Å². The van der Waals surface area contributed by atoms with Crippen LogP contribution in [-0.2, 0) is 10.9 Å². The summed E-state index contributed by atoms with van der Waals surface area (Å²) in [5, 5.41) is 7.35. The molecule has 66 valence electrons. The van der Waals surface area contributed by atoms with Crippen LogP contribution in [0.5, 0.6) is 0 Å². The average Bonchev–Trinajstić information content (AvgIpc) is 1.54. The number of nitro groups is 1. The van der Waals surface area contributed by atoms with Gasteiger partial charge in [0.05, 0.1) is 4.41 Å². The van der Waals surface area contributed by atoms with E-state index in [0.29, 0.717) is 0 Å². The van der Waals surface area contributed by atoms with Crippen molar-refractivity contribution in [3.05, 3.63) is 10.1 Å². The topological polar surface area (TPSA) is 80.5 Å². The first-order valence-corrected chi connectivity index (χ1v) is 3.05. The maximum Gasteiger partial charge on any atom is 0.551 e. The van der Waals surface area contributed by atoms with Crippen LogP contribution in [0, 0.1) is 10.1 Å². The Morgan fingerprint density at radius 2 is 1.73 bits per heavy atom. The lowest BCUT2D eigenvalue weighted by Crippen LogP contribution is -2.40. The molecule has 6 nitrogen and oxygen atoms in total. The van der Waals surface area contributed by atoms with Crippen molar-refractivity contribution in [2.24, 2.45) is 0 Å². The van der Waals surface area contributed by atoms with Crippen molar-refractivity contribution in [1.29, 1.82) is 0 Å². The van der Waals surface area contributed by atoms with E-state index in [1.165, 1.54) is 0 Å². The highest BCUT2D eigenvalue weighted by Crippen LogP contribution is 2.20. The van der Waals surface area contributed by atoms with Gasteiger partial charge in [-0.15, -0.1) is 13.2 Å². The summed E-state index contributed by atoms with van der Waals surface area (Å²) in [6.45, 7) is 0. The summed E-state index contributed by atoms with van der Waals surface area (Å²) in [6, 6.07) is 0. The first-order chi connectivity index (χ1) is 4.76. The van der Waals surface area contributed by atoms with Crippen LogP contribution in [0.2, 0.25) is 0 Å². The van der Waals surface area contributed by atoms with Gasteiger partial charge in [-0.1, -0.05) is 0 Å². The highest BCUT2D eigenvalue weighted by Gasteiger charge is 2.49. The normalized spacial score (nSPS) is 11.6. The Bertz CT molecular complexity index is 224. The first kappa shape index (κ1) is 9.94. The molecule has 10 heteroatoms. The second-order valence-corrected chi connectivity index (χ2v) is 2.09. The predicted octanol–water partition coefficient (Wildman–Crippen LogP) is -0.474. The van der Waals surface area contributed by atoms with Crippen molar-refractivity contribution in [3.8, 4) is 0 Å². The van der Waals surface area contributed by atoms with Crippen LogP contribution >= 0.6 is 0 Å². The maximum atomic E-state index is 11.3. The van der Waals surface area contributed by atoms with Crippen LogP contribution in [0.15, 0.2) is 0 Å². The van der Waals surface area contributed by atoms with E-state index in [1.807, 2.05) is 0 Å². The summed E-state index contributed by atoms with van der Waals surface area (Å²) in [5.41, 5.74) is 0. The van der Waals surface area contributed by atoms with Crippen molar-refractivity contribution < 1.29 is 26.6 Å². The zero-order valence-corrected chi connectivity index (χ0v) is 5.50. The smallest absolute Gasteiger partial charge is 0.234 e. The number of halogens is 3. The van der Waals surface area contributed by atoms with Crippen LogP contribution in [0.1, 0.15) is 0 Å². The van der Waals surface area contributed by atoms with Crippen molar-refractivity contribution in [2.45, 2.75) is 6.30 Å². The Labute approximate surface area is 59.4 Å². The van der Waals surface area contributed by atoms with Crippen LogP contribution in [0.4, 0.5) is 13.2 Å². The van der Waals surface area contributed by atoms with Gasteiger partial charge < -0.3 is 0 Å². The van der Waals surface area contributed by atoms with E-state index in [9.17, 15) is 31.7 Å². The molecular weight excluding hydrogens is 193 g/mol. The second kappa shape index (κ2) is 2.90. The van der Waals surface area contributed by atoms with Gasteiger partial charge in [0.15, 0.2) is 5.03 Å². The molecule has 0 fully saturated rings. The average molecular weight is 194 g/mol. The number of thiol groups is 1. The molecule has 0 aliphatic rings. The third-order valence-corrected chi connectivity index (χ3v) is 1.22. The number of hydrazine groups is 1. The molecule has 0 amide bonds. The summed E-state index contributed by atoms with van der Waals surface area (Å²) in [4.78, 5) is 9.42. The monoisotopic (exact) mass is 194 g/mol. The van der Waals surface area contributed by atoms with Gasteiger partial charge in [0, 0.05) is 0 Å². The van der Waals surface area contributed by atoms with Gasteiger partial charge in [-0.2, -0.15) is 0 Å². The lowest BCUT2D eigenvalue weighted by molar-refractivity contribution is -0.669. The number of alkyl halides is 3. The van der Waals surface area contributed by atoms with Crippen molar-refractivity contribution >= 4 is 10.9 Å². The van der Waals surface area contributed by atoms with Crippen LogP contribution in [0.3, 0.4) is 0 Å². The Hall–Kier alpha value is -1.06. The molecule has 0 spiro atoms. The predicted molar refractivity (Wildman–Crippen MR) is 25.2 cm³/mol. The number of hydrogen-bond donors (Lipinski definition) is 1. The molecule has 0 atom stereocenters. The Morgan fingerprint density at radius 1 is 1.36 bits per heavy atom. The molecule has 0 aliphatic heterocycles. The molecule has 0 heterocycles. The van der Waals surface area contributed by atoms with Gasteiger partial charge in [0.25, 0.3) is 10.9 Å². The Balaban J connectivity index is 4.77. The van der Waals surface area contributed by atoms with Gasteiger partial charge in [-0.25, -0.2) is 18.5 Å². The summed E-state index contributed by atoms with van der Waals surface area (Å²) in [6.07, 6.45) is -5.50. The molecule has 11 heavy (non-hydrogen) atoms. The van der Waals surface area contributed by atoms with E-state index in [4.69, 9.17) is 0 Å². The van der Waals surface area contributed by atoms with Crippen LogP contribution < -0.4 is 0 Å². The minimum atomic E-state index is -5.50. The standard InChI is InChI=1S/CHF3N2O4S/c2-1(3,4)5(6(7)8)11(9)10/h11H. The molecule has 0 aromatic heterocycles. The highest BCUT2D eigenvalue weighted by atomic mass is 32.2. The highest BCUT2D eigenvalue weighted by molar-refractivity contribution is 7.69. The van der Waals surface area contributed by atoms with E-state index < -0.39 is 26.6 Å². The zero-order chi connectivity index (χ0) is 9.23. The molecule has 0 rings (SSSR count). The molecule has 0 bridgehead atoms. The van der Waals surface area contributed by atoms with Crippen LogP contribution in [0.25, 0.3) is 0 Å². The molecule has 0 aromatic rings. The molecule has 0 aromatic carbocycles. The molecular formula is CHF3N2O4S. The fourth-order valence-corrected chi connectivity index (χ4v) is 0.549. The van der Waals surface area contributed by atoms with E-state index in [0.717, 1.165) is 0 Å². The largest absolute Gasteiger partial charge is 0.551 e. The van der Waals surface area contributed by atoms with Crippen molar-refractivity contribution in [3.63, 3.8) is 0 Å². The lowest BCUT2D eigenvalue weighted by atomic mass is 11.2. The summed E-state index contributed by atoms with van der Waals surface area (Å²) >= 11 is 0. The van der Waals surface area contributed by atoms with Crippen LogP contribution in [-0.4, -0.2) is 24.2 Å². The zero-order valence-electron chi connectivity index (χ0n) is 4.61. The van der Waals surface area contributed by atoms with Crippen molar-refractivity contribution in [1.82, 2.24) is 4.41 Å². The third kappa shape index (κ3) is 2.57. The molecule has 0 unspecified atom stereocenters. The fraction of sp³-hybridized carbons (Fsp3) is 1.00. The minimum absolute atomic E-state index is 1.80. The number of rotatable bonds is 2. The fourth-order valence-electron chi connectivity index (χ4n) is 0.245. The van der Waals surface area contributed by atoms with Crippen molar-refractivity contribution in [2.75, 3.05) is 0 Å². The third-order valence-electron chi connectivity index (χ3n) is 0.536. The van der Waals surface area contributed by atoms with E-state index in [2.05, 4.69) is 0 Å². The quantitative estimate of drug-likeness (QED) is 0.279. The van der Waals surface area contributed by atoms with Gasteiger partial charge >= 0.3 is 6.30 Å². The van der Waals surface area contributed by atoms with E-state index in [1.54, 1.807) is 0 Å². The Morgan fingerprint density at radius 3 is 1.73 bits per heavy atom.